The first-order valence-electron chi connectivity index (χ1n) is 8.30. The fourth-order valence-electron chi connectivity index (χ4n) is 2.83. The molecule has 2 aromatic carbocycles. The van der Waals surface area contributed by atoms with Gasteiger partial charge in [0.05, 0.1) is 0 Å². The normalized spacial score (nSPS) is 12.0. The maximum Gasteiger partial charge on any atom is 0.221 e. The summed E-state index contributed by atoms with van der Waals surface area (Å²) in [7, 11) is 1.78. The number of carbonyl (C=O) groups excluding carboxylic acids is 1. The quantitative estimate of drug-likeness (QED) is 0.735. The number of hydrogen-bond donors (Lipinski definition) is 1. The Morgan fingerprint density at radius 2 is 1.81 bits per heavy atom. The Labute approximate surface area is 150 Å². The Balaban J connectivity index is 1.78. The Hall–Kier alpha value is -3.02. The Morgan fingerprint density at radius 3 is 2.46 bits per heavy atom. The van der Waals surface area contributed by atoms with Crippen molar-refractivity contribution in [1.82, 2.24) is 14.9 Å². The fraction of sp³-hybridized carbons (Fsp3) is 0.200. The first-order valence-corrected chi connectivity index (χ1v) is 8.30. The lowest BCUT2D eigenvalue weighted by Gasteiger charge is -2.19. The molecular weight excluding hydrogens is 336 g/mol. The van der Waals surface area contributed by atoms with Gasteiger partial charge >= 0.3 is 0 Å². The number of carbonyl (C=O) groups is 1. The van der Waals surface area contributed by atoms with Crippen LogP contribution in [0.1, 0.15) is 29.4 Å². The molecule has 3 aromatic rings. The van der Waals surface area contributed by atoms with Gasteiger partial charge in [-0.25, -0.2) is 13.8 Å². The van der Waals surface area contributed by atoms with Crippen LogP contribution in [-0.4, -0.2) is 15.5 Å². The average molecular weight is 355 g/mol. The lowest BCUT2D eigenvalue weighted by atomic mass is 10.0. The summed E-state index contributed by atoms with van der Waals surface area (Å²) in [6, 6.07) is 11.9. The minimum atomic E-state index is -0.718. The highest BCUT2D eigenvalue weighted by Gasteiger charge is 2.23. The molecule has 0 saturated carbocycles. The second-order valence-electron chi connectivity index (χ2n) is 6.01. The number of aryl methyl sites for hydroxylation is 2. The second kappa shape index (κ2) is 7.91. The van der Waals surface area contributed by atoms with Gasteiger partial charge in [0.25, 0.3) is 0 Å². The van der Waals surface area contributed by atoms with Gasteiger partial charge in [-0.05, 0) is 24.1 Å². The van der Waals surface area contributed by atoms with Gasteiger partial charge in [0.1, 0.15) is 23.5 Å². The Kier molecular flexibility index (Phi) is 5.41. The topological polar surface area (TPSA) is 46.9 Å². The van der Waals surface area contributed by atoms with E-state index >= 15 is 0 Å². The van der Waals surface area contributed by atoms with E-state index in [0.29, 0.717) is 17.0 Å². The molecule has 0 aliphatic heterocycles. The highest BCUT2D eigenvalue weighted by molar-refractivity contribution is 5.77. The minimum Gasteiger partial charge on any atom is -0.342 e. The summed E-state index contributed by atoms with van der Waals surface area (Å²) in [4.78, 5) is 16.7. The van der Waals surface area contributed by atoms with Crippen LogP contribution in [0.2, 0.25) is 0 Å². The maximum absolute atomic E-state index is 14.3. The smallest absolute Gasteiger partial charge is 0.221 e. The van der Waals surface area contributed by atoms with Crippen LogP contribution in [0.4, 0.5) is 8.78 Å². The van der Waals surface area contributed by atoms with Gasteiger partial charge in [-0.3, -0.25) is 4.79 Å². The second-order valence-corrected chi connectivity index (χ2v) is 6.01. The summed E-state index contributed by atoms with van der Waals surface area (Å²) in [5.74, 6) is -0.538. The summed E-state index contributed by atoms with van der Waals surface area (Å²) in [6.45, 7) is 0. The zero-order valence-corrected chi connectivity index (χ0v) is 14.3. The van der Waals surface area contributed by atoms with E-state index in [2.05, 4.69) is 10.3 Å². The minimum absolute atomic E-state index is 0.0936. The summed E-state index contributed by atoms with van der Waals surface area (Å²) in [6.07, 6.45) is 3.68. The van der Waals surface area contributed by atoms with Gasteiger partial charge in [0.15, 0.2) is 0 Å². The number of imidazole rings is 1. The third-order valence-electron chi connectivity index (χ3n) is 4.22. The molecule has 4 nitrogen and oxygen atoms in total. The van der Waals surface area contributed by atoms with E-state index in [1.54, 1.807) is 60.4 Å². The van der Waals surface area contributed by atoms with E-state index in [4.69, 9.17) is 0 Å². The number of halogens is 2. The lowest BCUT2D eigenvalue weighted by Crippen LogP contribution is -2.31. The van der Waals surface area contributed by atoms with E-state index < -0.39 is 11.9 Å². The Morgan fingerprint density at radius 1 is 1.12 bits per heavy atom. The summed E-state index contributed by atoms with van der Waals surface area (Å²) in [5, 5.41) is 2.82. The van der Waals surface area contributed by atoms with Crippen LogP contribution in [0.25, 0.3) is 0 Å². The number of amides is 1. The molecule has 1 unspecified atom stereocenters. The zero-order valence-electron chi connectivity index (χ0n) is 14.3. The first-order chi connectivity index (χ1) is 12.6. The van der Waals surface area contributed by atoms with Gasteiger partial charge in [-0.1, -0.05) is 36.4 Å². The van der Waals surface area contributed by atoms with Crippen LogP contribution in [-0.2, 0) is 18.3 Å². The summed E-state index contributed by atoms with van der Waals surface area (Å²) >= 11 is 0. The molecule has 1 amide bonds. The third-order valence-corrected chi connectivity index (χ3v) is 4.22. The van der Waals surface area contributed by atoms with Crippen molar-refractivity contribution >= 4 is 5.91 Å². The van der Waals surface area contributed by atoms with Crippen molar-refractivity contribution in [2.45, 2.75) is 18.9 Å². The summed E-state index contributed by atoms with van der Waals surface area (Å²) in [5.41, 5.74) is 0.808. The van der Waals surface area contributed by atoms with Crippen LogP contribution in [0.3, 0.4) is 0 Å². The number of benzene rings is 2. The fourth-order valence-corrected chi connectivity index (χ4v) is 2.83. The van der Waals surface area contributed by atoms with Crippen molar-refractivity contribution in [2.24, 2.45) is 7.05 Å². The standard InChI is InChI=1S/C20H19F2N3O/c1-25-13-12-23-20(25)19(15-7-3-5-9-17(15)22)24-18(26)11-10-14-6-2-4-8-16(14)21/h2-9,12-13,19H,10-11H2,1H3,(H,24,26). The van der Waals surface area contributed by atoms with Crippen LogP contribution in [0.15, 0.2) is 60.9 Å². The van der Waals surface area contributed by atoms with E-state index in [1.807, 2.05) is 0 Å². The molecule has 1 N–H and O–H groups in total. The third kappa shape index (κ3) is 3.96. The average Bonchev–Trinajstić information content (AvgIpc) is 3.05. The van der Waals surface area contributed by atoms with Crippen LogP contribution >= 0.6 is 0 Å². The van der Waals surface area contributed by atoms with Gasteiger partial charge < -0.3 is 9.88 Å². The van der Waals surface area contributed by atoms with Crippen molar-refractivity contribution in [1.29, 1.82) is 0 Å². The SMILES string of the molecule is Cn1ccnc1C(NC(=O)CCc1ccccc1F)c1ccccc1F. The van der Waals surface area contributed by atoms with Gasteiger partial charge in [0, 0.05) is 31.4 Å². The van der Waals surface area contributed by atoms with Crippen molar-refractivity contribution < 1.29 is 13.6 Å². The molecule has 134 valence electrons. The van der Waals surface area contributed by atoms with Gasteiger partial charge in [-0.2, -0.15) is 0 Å². The monoisotopic (exact) mass is 355 g/mol. The lowest BCUT2D eigenvalue weighted by molar-refractivity contribution is -0.121. The van der Waals surface area contributed by atoms with Crippen LogP contribution in [0.5, 0.6) is 0 Å². The maximum atomic E-state index is 14.3. The molecule has 0 aliphatic carbocycles. The van der Waals surface area contributed by atoms with Gasteiger partial charge in [0.2, 0.25) is 5.91 Å². The highest BCUT2D eigenvalue weighted by Crippen LogP contribution is 2.23. The van der Waals surface area contributed by atoms with E-state index in [1.165, 1.54) is 12.1 Å². The molecule has 1 atom stereocenters. The first kappa shape index (κ1) is 17.8. The van der Waals surface area contributed by atoms with E-state index in [0.717, 1.165) is 0 Å². The van der Waals surface area contributed by atoms with Crippen molar-refractivity contribution in [3.8, 4) is 0 Å². The molecule has 0 aliphatic rings. The van der Waals surface area contributed by atoms with Crippen molar-refractivity contribution in [3.63, 3.8) is 0 Å². The number of hydrogen-bond acceptors (Lipinski definition) is 2. The number of rotatable bonds is 6. The van der Waals surface area contributed by atoms with Gasteiger partial charge in [-0.15, -0.1) is 0 Å². The number of nitrogens with one attached hydrogen (secondary N) is 1. The van der Waals surface area contributed by atoms with Crippen molar-refractivity contribution in [3.05, 3.63) is 89.5 Å². The molecule has 26 heavy (non-hydrogen) atoms. The molecule has 0 spiro atoms. The van der Waals surface area contributed by atoms with E-state index in [-0.39, 0.29) is 24.6 Å². The molecule has 1 aromatic heterocycles. The van der Waals surface area contributed by atoms with Crippen LogP contribution in [0, 0.1) is 11.6 Å². The predicted molar refractivity (Wildman–Crippen MR) is 94.3 cm³/mol. The van der Waals surface area contributed by atoms with Crippen molar-refractivity contribution in [2.75, 3.05) is 0 Å². The Bertz CT molecular complexity index is 907. The molecule has 1 heterocycles. The van der Waals surface area contributed by atoms with Crippen LogP contribution < -0.4 is 5.32 Å². The number of nitrogens with zero attached hydrogens (tertiary/aromatic N) is 2. The molecule has 0 saturated heterocycles. The molecular formula is C20H19F2N3O. The molecule has 3 rings (SSSR count). The zero-order chi connectivity index (χ0) is 18.5. The molecule has 6 heteroatoms. The number of aromatic nitrogens is 2. The molecule has 0 fully saturated rings. The van der Waals surface area contributed by atoms with E-state index in [9.17, 15) is 13.6 Å². The molecule has 0 bridgehead atoms. The summed E-state index contributed by atoms with van der Waals surface area (Å²) < 4.78 is 29.7. The molecule has 0 radical (unpaired) electrons. The highest BCUT2D eigenvalue weighted by atomic mass is 19.1. The largest absolute Gasteiger partial charge is 0.342 e. The predicted octanol–water partition coefficient (Wildman–Crippen LogP) is 3.54.